The Kier molecular flexibility index (Phi) is 5.99. The fourth-order valence-corrected chi connectivity index (χ4v) is 3.72. The van der Waals surface area contributed by atoms with Crippen molar-refractivity contribution in [2.24, 2.45) is 4.99 Å². The smallest absolute Gasteiger partial charge is 0.413 e. The number of anilines is 1. The van der Waals surface area contributed by atoms with E-state index < -0.39 is 34.7 Å². The summed E-state index contributed by atoms with van der Waals surface area (Å²) < 4.78 is 22.1. The van der Waals surface area contributed by atoms with Crippen LogP contribution in [0.15, 0.2) is 35.6 Å². The summed E-state index contributed by atoms with van der Waals surface area (Å²) in [6, 6.07) is 4.16. The van der Waals surface area contributed by atoms with E-state index >= 15 is 4.39 Å². The Bertz CT molecular complexity index is 1110. The quantitative estimate of drug-likeness (QED) is 0.669. The molecule has 0 spiro atoms. The zero-order valence-corrected chi connectivity index (χ0v) is 19.9. The molecule has 9 nitrogen and oxygen atoms in total. The molecule has 1 aromatic heterocycles. The van der Waals surface area contributed by atoms with Crippen LogP contribution in [0, 0.1) is 5.82 Å². The van der Waals surface area contributed by atoms with Crippen molar-refractivity contribution >= 4 is 23.7 Å². The third kappa shape index (κ3) is 5.15. The van der Waals surface area contributed by atoms with Crippen LogP contribution in [-0.2, 0) is 16.8 Å². The molecule has 0 fully saturated rings. The van der Waals surface area contributed by atoms with Gasteiger partial charge in [-0.3, -0.25) is 15.2 Å². The van der Waals surface area contributed by atoms with Gasteiger partial charge in [-0.25, -0.2) is 19.0 Å². The lowest BCUT2D eigenvalue weighted by Crippen LogP contribution is -2.52. The van der Waals surface area contributed by atoms with Crippen molar-refractivity contribution < 1.29 is 23.8 Å². The number of fused-ring (bicyclic) bond motifs is 1. The van der Waals surface area contributed by atoms with Gasteiger partial charge in [0.15, 0.2) is 11.7 Å². The number of ether oxygens (including phenoxy) is 1. The van der Waals surface area contributed by atoms with Crippen LogP contribution in [0.4, 0.5) is 19.7 Å². The van der Waals surface area contributed by atoms with Crippen molar-refractivity contribution in [2.75, 3.05) is 5.32 Å². The topological polar surface area (TPSA) is 109 Å². The molecular weight excluding hydrogens is 429 g/mol. The highest BCUT2D eigenvalue weighted by Gasteiger charge is 2.41. The Hall–Kier alpha value is -3.43. The van der Waals surface area contributed by atoms with E-state index in [4.69, 9.17) is 9.73 Å². The van der Waals surface area contributed by atoms with Gasteiger partial charge in [-0.15, -0.1) is 0 Å². The molecule has 10 heteroatoms. The van der Waals surface area contributed by atoms with E-state index in [9.17, 15) is 14.7 Å². The lowest BCUT2D eigenvalue weighted by atomic mass is 9.90. The second-order valence-electron chi connectivity index (χ2n) is 10.2. The largest absolute Gasteiger partial charge is 0.465 e. The molecule has 1 atom stereocenters. The van der Waals surface area contributed by atoms with Crippen LogP contribution in [0.2, 0.25) is 0 Å². The standard InChI is InChI=1S/C23H30FN5O4/c1-21(2,3)29(20(31)32)18-17-25-10-11-28(17)13-23(7,27-18)15-12-14(8-9-16(15)24)26-19(30)33-22(4,5)6/h8-12H,13H2,1-7H3,(H,26,30)(H,31,32). The maximum absolute atomic E-state index is 15.1. The number of carbonyl (C=O) groups excluding carboxylic acids is 1. The van der Waals surface area contributed by atoms with Gasteiger partial charge in [0.25, 0.3) is 0 Å². The summed E-state index contributed by atoms with van der Waals surface area (Å²) in [6.07, 6.45) is 1.39. The average molecular weight is 460 g/mol. The van der Waals surface area contributed by atoms with Gasteiger partial charge < -0.3 is 14.4 Å². The van der Waals surface area contributed by atoms with Gasteiger partial charge >= 0.3 is 12.2 Å². The normalized spacial score (nSPS) is 18.2. The highest BCUT2D eigenvalue weighted by molar-refractivity contribution is 6.05. The number of hydrogen-bond acceptors (Lipinski definition) is 5. The third-order valence-electron chi connectivity index (χ3n) is 5.01. The summed E-state index contributed by atoms with van der Waals surface area (Å²) in [5.41, 5.74) is -2.14. The van der Waals surface area contributed by atoms with Crippen LogP contribution in [0.5, 0.6) is 0 Å². The number of nitrogens with zero attached hydrogens (tertiary/aromatic N) is 4. The molecule has 2 amide bonds. The summed E-state index contributed by atoms with van der Waals surface area (Å²) in [7, 11) is 0. The Morgan fingerprint density at radius 2 is 1.91 bits per heavy atom. The SMILES string of the molecule is CC(C)(C)OC(=O)Nc1ccc(F)c(C2(C)Cn3ccnc3C(N(C(=O)O)C(C)(C)C)=N2)c1. The Morgan fingerprint density at radius 1 is 1.24 bits per heavy atom. The van der Waals surface area contributed by atoms with Crippen LogP contribution in [-0.4, -0.2) is 48.7 Å². The monoisotopic (exact) mass is 459 g/mol. The summed E-state index contributed by atoms with van der Waals surface area (Å²) in [5.74, 6) is -0.0246. The molecule has 1 aromatic carbocycles. The minimum absolute atomic E-state index is 0.124. The van der Waals surface area contributed by atoms with Gasteiger partial charge in [0.2, 0.25) is 0 Å². The second-order valence-corrected chi connectivity index (χ2v) is 10.2. The number of benzene rings is 1. The predicted octanol–water partition coefficient (Wildman–Crippen LogP) is 4.82. The predicted molar refractivity (Wildman–Crippen MR) is 122 cm³/mol. The molecule has 1 aliphatic rings. The van der Waals surface area contributed by atoms with E-state index in [1.807, 2.05) is 0 Å². The van der Waals surface area contributed by atoms with E-state index in [0.29, 0.717) is 11.5 Å². The molecule has 0 saturated carbocycles. The minimum atomic E-state index is -1.19. The Morgan fingerprint density at radius 3 is 2.48 bits per heavy atom. The summed E-state index contributed by atoms with van der Waals surface area (Å²) in [6.45, 7) is 12.4. The molecular formula is C23H30FN5O4. The first-order valence-corrected chi connectivity index (χ1v) is 10.6. The number of nitrogens with one attached hydrogen (secondary N) is 1. The molecule has 33 heavy (non-hydrogen) atoms. The van der Waals surface area contributed by atoms with E-state index in [-0.39, 0.29) is 17.9 Å². The number of rotatable bonds is 2. The maximum atomic E-state index is 15.1. The molecule has 0 saturated heterocycles. The zero-order chi connectivity index (χ0) is 24.8. The number of aliphatic imine (C=N–C) groups is 1. The molecule has 0 radical (unpaired) electrons. The summed E-state index contributed by atoms with van der Waals surface area (Å²) in [5, 5.41) is 12.5. The number of amidine groups is 1. The molecule has 2 heterocycles. The third-order valence-corrected chi connectivity index (χ3v) is 5.01. The zero-order valence-electron chi connectivity index (χ0n) is 19.9. The number of carbonyl (C=O) groups is 2. The molecule has 178 valence electrons. The highest BCUT2D eigenvalue weighted by Crippen LogP contribution is 2.36. The molecule has 0 bridgehead atoms. The number of hydrogen-bond donors (Lipinski definition) is 2. The highest BCUT2D eigenvalue weighted by atomic mass is 19.1. The second kappa shape index (κ2) is 8.17. The number of imidazole rings is 1. The minimum Gasteiger partial charge on any atom is -0.465 e. The summed E-state index contributed by atoms with van der Waals surface area (Å²) >= 11 is 0. The van der Waals surface area contributed by atoms with Crippen molar-refractivity contribution in [1.82, 2.24) is 14.5 Å². The van der Waals surface area contributed by atoms with Gasteiger partial charge in [0.1, 0.15) is 17.0 Å². The van der Waals surface area contributed by atoms with Crippen molar-refractivity contribution in [3.63, 3.8) is 0 Å². The van der Waals surface area contributed by atoms with Crippen LogP contribution >= 0.6 is 0 Å². The fourth-order valence-electron chi connectivity index (χ4n) is 3.72. The van der Waals surface area contributed by atoms with Gasteiger partial charge in [-0.1, -0.05) is 0 Å². The lowest BCUT2D eigenvalue weighted by molar-refractivity contribution is 0.0635. The van der Waals surface area contributed by atoms with Crippen LogP contribution in [0.3, 0.4) is 0 Å². The van der Waals surface area contributed by atoms with Gasteiger partial charge in [-0.2, -0.15) is 0 Å². The first-order valence-electron chi connectivity index (χ1n) is 10.6. The van der Waals surface area contributed by atoms with Crippen molar-refractivity contribution in [3.8, 4) is 0 Å². The van der Waals surface area contributed by atoms with E-state index in [2.05, 4.69) is 10.3 Å². The van der Waals surface area contributed by atoms with Gasteiger partial charge in [0, 0.05) is 29.2 Å². The molecule has 1 unspecified atom stereocenters. The molecule has 1 aliphatic heterocycles. The average Bonchev–Trinajstić information content (AvgIpc) is 3.08. The van der Waals surface area contributed by atoms with Crippen LogP contribution in [0.25, 0.3) is 0 Å². The van der Waals surface area contributed by atoms with E-state index in [1.54, 1.807) is 65.4 Å². The van der Waals surface area contributed by atoms with Crippen LogP contribution in [0.1, 0.15) is 59.9 Å². The maximum Gasteiger partial charge on any atom is 0.413 e. The van der Waals surface area contributed by atoms with E-state index in [1.165, 1.54) is 18.2 Å². The first-order chi connectivity index (χ1) is 15.1. The van der Waals surface area contributed by atoms with Gasteiger partial charge in [-0.05, 0) is 66.7 Å². The number of aromatic nitrogens is 2. The fraction of sp³-hybridized carbons (Fsp3) is 0.478. The van der Waals surface area contributed by atoms with Crippen molar-refractivity contribution in [2.45, 2.75) is 71.7 Å². The number of amides is 2. The Labute approximate surface area is 192 Å². The number of carboxylic acid groups (broad SMARTS) is 1. The van der Waals surface area contributed by atoms with Crippen molar-refractivity contribution in [3.05, 3.63) is 47.8 Å². The molecule has 3 rings (SSSR count). The lowest BCUT2D eigenvalue weighted by Gasteiger charge is -2.39. The first kappa shape index (κ1) is 24.2. The summed E-state index contributed by atoms with van der Waals surface area (Å²) in [4.78, 5) is 34.5. The van der Waals surface area contributed by atoms with Crippen molar-refractivity contribution in [1.29, 1.82) is 0 Å². The van der Waals surface area contributed by atoms with E-state index in [0.717, 1.165) is 4.90 Å². The molecule has 2 aromatic rings. The number of halogens is 1. The van der Waals surface area contributed by atoms with Crippen LogP contribution < -0.4 is 5.32 Å². The Balaban J connectivity index is 2.08. The molecule has 2 N–H and O–H groups in total. The molecule has 0 aliphatic carbocycles. The van der Waals surface area contributed by atoms with Gasteiger partial charge in [0.05, 0.1) is 6.54 Å².